The van der Waals surface area contributed by atoms with Crippen LogP contribution in [0.15, 0.2) is 37.1 Å². The van der Waals surface area contributed by atoms with Gasteiger partial charge in [0.15, 0.2) is 5.60 Å². The molecule has 2 nitrogen and oxygen atoms in total. The van der Waals surface area contributed by atoms with Gasteiger partial charge in [0.05, 0.1) is 5.57 Å². The van der Waals surface area contributed by atoms with Crippen molar-refractivity contribution in [3.63, 3.8) is 0 Å². The van der Waals surface area contributed by atoms with Crippen LogP contribution in [0.5, 0.6) is 5.75 Å². The smallest absolute Gasteiger partial charge is 0.416 e. The van der Waals surface area contributed by atoms with E-state index >= 15 is 0 Å². The molecule has 1 aliphatic rings. The molecule has 0 saturated heterocycles. The van der Waals surface area contributed by atoms with Crippen molar-refractivity contribution >= 4 is 5.57 Å². The van der Waals surface area contributed by atoms with E-state index in [4.69, 9.17) is 4.74 Å². The standard InChI is InChI=1S/C14H12F4O2/c1-8(14(16,17)18)11-4-3-10(15)7-12(11)20-13(5-6-13)9(2)19/h3-4,7,19H,1-2,5-6H2. The summed E-state index contributed by atoms with van der Waals surface area (Å²) in [7, 11) is 0. The lowest BCUT2D eigenvalue weighted by Crippen LogP contribution is -2.22. The van der Waals surface area contributed by atoms with Crippen LogP contribution in [0.1, 0.15) is 18.4 Å². The van der Waals surface area contributed by atoms with Crippen molar-refractivity contribution in [1.29, 1.82) is 0 Å². The number of rotatable bonds is 4. The molecule has 1 aromatic rings. The van der Waals surface area contributed by atoms with Gasteiger partial charge in [-0.25, -0.2) is 4.39 Å². The number of hydrogen-bond donors (Lipinski definition) is 1. The molecule has 6 heteroatoms. The molecule has 0 spiro atoms. The summed E-state index contributed by atoms with van der Waals surface area (Å²) < 4.78 is 56.7. The summed E-state index contributed by atoms with van der Waals surface area (Å²) in [5, 5.41) is 9.40. The highest BCUT2D eigenvalue weighted by atomic mass is 19.4. The fraction of sp³-hybridized carbons (Fsp3) is 0.286. The summed E-state index contributed by atoms with van der Waals surface area (Å²) in [5.41, 5.74) is -2.60. The summed E-state index contributed by atoms with van der Waals surface area (Å²) >= 11 is 0. The zero-order valence-corrected chi connectivity index (χ0v) is 10.4. The van der Waals surface area contributed by atoms with Crippen LogP contribution in [0.2, 0.25) is 0 Å². The van der Waals surface area contributed by atoms with Crippen molar-refractivity contribution in [1.82, 2.24) is 0 Å². The van der Waals surface area contributed by atoms with E-state index in [2.05, 4.69) is 13.2 Å². The van der Waals surface area contributed by atoms with Gasteiger partial charge >= 0.3 is 6.18 Å². The SMILES string of the molecule is C=C(c1ccc(F)cc1OC1(C(=C)O)CC1)C(F)(F)F. The number of hydrogen-bond acceptors (Lipinski definition) is 2. The Labute approximate surface area is 113 Å². The fourth-order valence-electron chi connectivity index (χ4n) is 1.76. The molecule has 0 radical (unpaired) electrons. The van der Waals surface area contributed by atoms with Crippen molar-refractivity contribution in [2.45, 2.75) is 24.6 Å². The Bertz CT molecular complexity index is 571. The number of benzene rings is 1. The first-order valence-corrected chi connectivity index (χ1v) is 5.79. The van der Waals surface area contributed by atoms with Crippen molar-refractivity contribution in [3.8, 4) is 5.75 Å². The Morgan fingerprint density at radius 3 is 2.30 bits per heavy atom. The van der Waals surface area contributed by atoms with Crippen LogP contribution in [0.25, 0.3) is 5.57 Å². The van der Waals surface area contributed by atoms with Crippen LogP contribution in [0.3, 0.4) is 0 Å². The highest BCUT2D eigenvalue weighted by molar-refractivity contribution is 5.72. The summed E-state index contributed by atoms with van der Waals surface area (Å²) in [6.45, 7) is 6.29. The van der Waals surface area contributed by atoms with E-state index in [1.807, 2.05) is 0 Å². The van der Waals surface area contributed by atoms with E-state index in [1.54, 1.807) is 0 Å². The molecule has 0 unspecified atom stereocenters. The molecule has 2 rings (SSSR count). The van der Waals surface area contributed by atoms with Crippen molar-refractivity contribution in [2.24, 2.45) is 0 Å². The molecule has 0 heterocycles. The van der Waals surface area contributed by atoms with Crippen LogP contribution >= 0.6 is 0 Å². The molecular weight excluding hydrogens is 276 g/mol. The number of allylic oxidation sites excluding steroid dienone is 1. The van der Waals surface area contributed by atoms with Crippen LogP contribution in [-0.2, 0) is 0 Å². The average molecular weight is 288 g/mol. The third-order valence-corrected chi connectivity index (χ3v) is 3.15. The highest BCUT2D eigenvalue weighted by Gasteiger charge is 2.49. The van der Waals surface area contributed by atoms with E-state index in [9.17, 15) is 22.7 Å². The Kier molecular flexibility index (Phi) is 3.28. The monoisotopic (exact) mass is 288 g/mol. The Balaban J connectivity index is 2.39. The Hall–Kier alpha value is -1.98. The molecule has 1 saturated carbocycles. The van der Waals surface area contributed by atoms with E-state index in [1.165, 1.54) is 0 Å². The van der Waals surface area contributed by atoms with Gasteiger partial charge in [-0.1, -0.05) is 13.2 Å². The maximum atomic E-state index is 13.2. The molecular formula is C14H12F4O2. The van der Waals surface area contributed by atoms with Gasteiger partial charge in [-0.15, -0.1) is 0 Å². The molecule has 1 N–H and O–H groups in total. The average Bonchev–Trinajstić information content (AvgIpc) is 3.08. The lowest BCUT2D eigenvalue weighted by molar-refractivity contribution is -0.0688. The van der Waals surface area contributed by atoms with Gasteiger partial charge in [-0.3, -0.25) is 0 Å². The first-order chi connectivity index (χ1) is 9.16. The summed E-state index contributed by atoms with van der Waals surface area (Å²) in [6.07, 6.45) is -3.82. The summed E-state index contributed by atoms with van der Waals surface area (Å²) in [5.74, 6) is -1.33. The molecule has 1 aliphatic carbocycles. The van der Waals surface area contributed by atoms with Crippen LogP contribution in [-0.4, -0.2) is 16.9 Å². The van der Waals surface area contributed by atoms with E-state index in [0.29, 0.717) is 12.8 Å². The van der Waals surface area contributed by atoms with E-state index in [0.717, 1.165) is 18.2 Å². The molecule has 1 aromatic carbocycles. The number of aliphatic hydroxyl groups is 1. The van der Waals surface area contributed by atoms with Gasteiger partial charge in [0.25, 0.3) is 0 Å². The van der Waals surface area contributed by atoms with Gasteiger partial charge in [0.2, 0.25) is 0 Å². The van der Waals surface area contributed by atoms with Gasteiger partial charge in [0, 0.05) is 11.6 Å². The normalized spacial score (nSPS) is 16.6. The van der Waals surface area contributed by atoms with Crippen LogP contribution < -0.4 is 4.74 Å². The molecule has 0 amide bonds. The van der Waals surface area contributed by atoms with Gasteiger partial charge < -0.3 is 9.84 Å². The number of ether oxygens (including phenoxy) is 1. The van der Waals surface area contributed by atoms with Crippen molar-refractivity contribution < 1.29 is 27.4 Å². The maximum Gasteiger partial charge on any atom is 0.416 e. The minimum Gasteiger partial charge on any atom is -0.509 e. The number of alkyl halides is 3. The number of halogens is 4. The Morgan fingerprint density at radius 1 is 1.25 bits per heavy atom. The zero-order chi connectivity index (χ0) is 15.1. The predicted octanol–water partition coefficient (Wildman–Crippen LogP) is 4.38. The van der Waals surface area contributed by atoms with Crippen molar-refractivity contribution in [2.75, 3.05) is 0 Å². The molecule has 108 valence electrons. The highest BCUT2D eigenvalue weighted by Crippen LogP contribution is 2.47. The molecule has 20 heavy (non-hydrogen) atoms. The van der Waals surface area contributed by atoms with Crippen LogP contribution in [0.4, 0.5) is 17.6 Å². The number of aliphatic hydroxyl groups excluding tert-OH is 1. The van der Waals surface area contributed by atoms with E-state index in [-0.39, 0.29) is 17.1 Å². The molecule has 0 bridgehead atoms. The lowest BCUT2D eigenvalue weighted by Gasteiger charge is -2.21. The first-order valence-electron chi connectivity index (χ1n) is 5.79. The zero-order valence-electron chi connectivity index (χ0n) is 10.4. The fourth-order valence-corrected chi connectivity index (χ4v) is 1.76. The minimum atomic E-state index is -4.65. The lowest BCUT2D eigenvalue weighted by atomic mass is 10.1. The minimum absolute atomic E-state index is 0.287. The first kappa shape index (κ1) is 14.4. The third-order valence-electron chi connectivity index (χ3n) is 3.15. The molecule has 0 aliphatic heterocycles. The third kappa shape index (κ3) is 2.64. The maximum absolute atomic E-state index is 13.2. The topological polar surface area (TPSA) is 29.5 Å². The molecule has 0 atom stereocenters. The van der Waals surface area contributed by atoms with Gasteiger partial charge in [-0.2, -0.15) is 13.2 Å². The van der Waals surface area contributed by atoms with Crippen LogP contribution in [0, 0.1) is 5.82 Å². The Morgan fingerprint density at radius 2 is 1.85 bits per heavy atom. The quantitative estimate of drug-likeness (QED) is 0.658. The summed E-state index contributed by atoms with van der Waals surface area (Å²) in [4.78, 5) is 0. The van der Waals surface area contributed by atoms with Gasteiger partial charge in [-0.05, 0) is 25.0 Å². The molecule has 1 fully saturated rings. The van der Waals surface area contributed by atoms with Crippen molar-refractivity contribution in [3.05, 3.63) is 48.5 Å². The summed E-state index contributed by atoms with van der Waals surface area (Å²) in [6, 6.07) is 2.69. The second-order valence-corrected chi connectivity index (χ2v) is 4.66. The molecule has 0 aromatic heterocycles. The van der Waals surface area contributed by atoms with E-state index < -0.39 is 23.2 Å². The second-order valence-electron chi connectivity index (χ2n) is 4.66. The van der Waals surface area contributed by atoms with Gasteiger partial charge in [0.1, 0.15) is 17.3 Å². The second kappa shape index (κ2) is 4.54. The predicted molar refractivity (Wildman–Crippen MR) is 65.9 cm³/mol. The largest absolute Gasteiger partial charge is 0.509 e.